The van der Waals surface area contributed by atoms with Gasteiger partial charge in [0.05, 0.1) is 5.69 Å². The first-order valence-corrected chi connectivity index (χ1v) is 11.3. The average Bonchev–Trinajstić information content (AvgIpc) is 3.04. The lowest BCUT2D eigenvalue weighted by molar-refractivity contribution is -0.120. The zero-order valence-electron chi connectivity index (χ0n) is 19.1. The highest BCUT2D eigenvalue weighted by Gasteiger charge is 2.39. The molecule has 34 heavy (non-hydrogen) atoms. The lowest BCUT2D eigenvalue weighted by Gasteiger charge is -2.16. The van der Waals surface area contributed by atoms with Crippen molar-refractivity contribution in [3.05, 3.63) is 99.7 Å². The lowest BCUT2D eigenvalue weighted by atomic mass is 10.1. The van der Waals surface area contributed by atoms with Crippen LogP contribution >= 0.6 is 11.6 Å². The van der Waals surface area contributed by atoms with E-state index >= 15 is 0 Å². The molecule has 4 rings (SSSR count). The first-order valence-electron chi connectivity index (χ1n) is 10.9. The summed E-state index contributed by atoms with van der Waals surface area (Å²) in [4.78, 5) is 39.6. The molecule has 3 amide bonds. The molecule has 1 aliphatic rings. The largest absolute Gasteiger partial charge is 0.349 e. The molecule has 6 nitrogen and oxygen atoms in total. The third-order valence-electron chi connectivity index (χ3n) is 5.70. The Morgan fingerprint density at radius 2 is 1.59 bits per heavy atom. The van der Waals surface area contributed by atoms with E-state index in [1.165, 1.54) is 5.56 Å². The number of carbonyl (C=O) groups is 3. The quantitative estimate of drug-likeness (QED) is 0.460. The van der Waals surface area contributed by atoms with Gasteiger partial charge >= 0.3 is 0 Å². The van der Waals surface area contributed by atoms with E-state index in [1.807, 2.05) is 50.2 Å². The second kappa shape index (κ2) is 9.53. The Kier molecular flexibility index (Phi) is 6.52. The van der Waals surface area contributed by atoms with Gasteiger partial charge in [-0.15, -0.1) is 0 Å². The van der Waals surface area contributed by atoms with Crippen LogP contribution in [0.4, 0.5) is 17.1 Å². The van der Waals surface area contributed by atoms with Crippen molar-refractivity contribution in [2.75, 3.05) is 15.5 Å². The van der Waals surface area contributed by atoms with Crippen LogP contribution in [0.3, 0.4) is 0 Å². The third-order valence-corrected chi connectivity index (χ3v) is 6.05. The molecule has 0 aromatic heterocycles. The Balaban J connectivity index is 1.56. The number of imide groups is 1. The van der Waals surface area contributed by atoms with Gasteiger partial charge in [0.25, 0.3) is 17.7 Å². The molecule has 3 aromatic carbocycles. The van der Waals surface area contributed by atoms with Gasteiger partial charge < -0.3 is 10.6 Å². The smallest absolute Gasteiger partial charge is 0.283 e. The number of hydrogen-bond donors (Lipinski definition) is 2. The Morgan fingerprint density at radius 3 is 2.24 bits per heavy atom. The first-order chi connectivity index (χ1) is 16.3. The second-order valence-electron chi connectivity index (χ2n) is 8.13. The molecule has 0 bridgehead atoms. The highest BCUT2D eigenvalue weighted by atomic mass is 35.5. The van der Waals surface area contributed by atoms with Crippen molar-refractivity contribution in [2.45, 2.75) is 27.2 Å². The molecule has 2 N–H and O–H groups in total. The Bertz CT molecular complexity index is 1310. The number of benzene rings is 3. The van der Waals surface area contributed by atoms with E-state index in [4.69, 9.17) is 11.6 Å². The van der Waals surface area contributed by atoms with E-state index in [0.29, 0.717) is 22.6 Å². The molecule has 0 atom stereocenters. The number of carbonyl (C=O) groups excluding carboxylic acids is 3. The van der Waals surface area contributed by atoms with E-state index in [2.05, 4.69) is 17.6 Å². The van der Waals surface area contributed by atoms with Crippen molar-refractivity contribution in [1.82, 2.24) is 0 Å². The second-order valence-corrected chi connectivity index (χ2v) is 8.51. The molecule has 172 valence electrons. The summed E-state index contributed by atoms with van der Waals surface area (Å²) < 4.78 is 0. The molecule has 0 radical (unpaired) electrons. The fourth-order valence-corrected chi connectivity index (χ4v) is 3.81. The van der Waals surface area contributed by atoms with E-state index in [9.17, 15) is 14.4 Å². The lowest BCUT2D eigenvalue weighted by Crippen LogP contribution is -2.32. The molecule has 1 heterocycles. The molecular weight excluding hydrogens is 450 g/mol. The van der Waals surface area contributed by atoms with E-state index in [0.717, 1.165) is 22.4 Å². The molecule has 1 aliphatic heterocycles. The van der Waals surface area contributed by atoms with Gasteiger partial charge in [0.2, 0.25) is 0 Å². The standard InChI is InChI=1S/C27H24ClN3O3/c1-4-18-8-11-20(12-9-18)29-25(32)19-10-7-17(3)22(15-19)30-24-23(28)26(33)31(27(24)34)21-13-5-16(2)6-14-21/h5-15,30H,4H2,1-3H3,(H,29,32). The predicted octanol–water partition coefficient (Wildman–Crippen LogP) is 5.55. The van der Waals surface area contributed by atoms with Crippen LogP contribution in [0.1, 0.15) is 34.0 Å². The normalized spacial score (nSPS) is 13.5. The Morgan fingerprint density at radius 1 is 0.912 bits per heavy atom. The third kappa shape index (κ3) is 4.58. The number of nitrogens with one attached hydrogen (secondary N) is 2. The Hall–Kier alpha value is -3.90. The van der Waals surface area contributed by atoms with Crippen molar-refractivity contribution in [1.29, 1.82) is 0 Å². The first kappa shape index (κ1) is 23.3. The zero-order valence-corrected chi connectivity index (χ0v) is 19.9. The van der Waals surface area contributed by atoms with Crippen LogP contribution in [0.15, 0.2) is 77.5 Å². The average molecular weight is 474 g/mol. The topological polar surface area (TPSA) is 78.5 Å². The predicted molar refractivity (Wildman–Crippen MR) is 135 cm³/mol. The summed E-state index contributed by atoms with van der Waals surface area (Å²) in [7, 11) is 0. The van der Waals surface area contributed by atoms with Gasteiger partial charge in [0, 0.05) is 16.9 Å². The van der Waals surface area contributed by atoms with Crippen molar-refractivity contribution in [3.8, 4) is 0 Å². The molecule has 7 heteroatoms. The maximum absolute atomic E-state index is 13.1. The van der Waals surface area contributed by atoms with Crippen LogP contribution < -0.4 is 15.5 Å². The van der Waals surface area contributed by atoms with Crippen LogP contribution in [0.5, 0.6) is 0 Å². The molecule has 0 fully saturated rings. The highest BCUT2D eigenvalue weighted by molar-refractivity contribution is 6.53. The fraction of sp³-hybridized carbons (Fsp3) is 0.148. The van der Waals surface area contributed by atoms with E-state index in [1.54, 1.807) is 30.3 Å². The van der Waals surface area contributed by atoms with Crippen LogP contribution in [0, 0.1) is 13.8 Å². The molecule has 0 spiro atoms. The zero-order chi connectivity index (χ0) is 24.4. The van der Waals surface area contributed by atoms with Crippen molar-refractivity contribution in [3.63, 3.8) is 0 Å². The van der Waals surface area contributed by atoms with Gasteiger partial charge in [-0.1, -0.05) is 54.4 Å². The summed E-state index contributed by atoms with van der Waals surface area (Å²) in [6, 6.07) is 19.8. The van der Waals surface area contributed by atoms with Crippen LogP contribution in [0.2, 0.25) is 0 Å². The van der Waals surface area contributed by atoms with Crippen molar-refractivity contribution < 1.29 is 14.4 Å². The van der Waals surface area contributed by atoms with Gasteiger partial charge in [-0.2, -0.15) is 0 Å². The Labute approximate surface area is 203 Å². The molecule has 0 saturated carbocycles. The summed E-state index contributed by atoms with van der Waals surface area (Å²) in [5.41, 5.74) is 4.99. The highest BCUT2D eigenvalue weighted by Crippen LogP contribution is 2.31. The van der Waals surface area contributed by atoms with Gasteiger partial charge in [0.15, 0.2) is 0 Å². The van der Waals surface area contributed by atoms with Crippen LogP contribution in [-0.2, 0) is 16.0 Å². The number of aryl methyl sites for hydroxylation is 3. The van der Waals surface area contributed by atoms with Crippen molar-refractivity contribution in [2.24, 2.45) is 0 Å². The number of hydrogen-bond acceptors (Lipinski definition) is 4. The van der Waals surface area contributed by atoms with Crippen LogP contribution in [0.25, 0.3) is 0 Å². The maximum atomic E-state index is 13.1. The molecule has 0 aliphatic carbocycles. The molecular formula is C27H24ClN3O3. The number of anilines is 3. The number of nitrogens with zero attached hydrogens (tertiary/aromatic N) is 1. The van der Waals surface area contributed by atoms with Crippen molar-refractivity contribution >= 4 is 46.4 Å². The summed E-state index contributed by atoms with van der Waals surface area (Å²) in [5.74, 6) is -1.44. The van der Waals surface area contributed by atoms with Gasteiger partial charge in [-0.05, 0) is 67.8 Å². The molecule has 0 unspecified atom stereocenters. The summed E-state index contributed by atoms with van der Waals surface area (Å²) in [6.07, 6.45) is 0.919. The maximum Gasteiger partial charge on any atom is 0.283 e. The van der Waals surface area contributed by atoms with E-state index < -0.39 is 11.8 Å². The summed E-state index contributed by atoms with van der Waals surface area (Å²) >= 11 is 6.26. The number of rotatable bonds is 6. The minimum absolute atomic E-state index is 0.0249. The monoisotopic (exact) mass is 473 g/mol. The minimum Gasteiger partial charge on any atom is -0.349 e. The molecule has 3 aromatic rings. The molecule has 0 saturated heterocycles. The number of amides is 3. The van der Waals surface area contributed by atoms with E-state index in [-0.39, 0.29) is 16.6 Å². The van der Waals surface area contributed by atoms with Crippen LogP contribution in [-0.4, -0.2) is 17.7 Å². The number of halogens is 1. The summed E-state index contributed by atoms with van der Waals surface area (Å²) in [5, 5.41) is 5.66. The summed E-state index contributed by atoms with van der Waals surface area (Å²) in [6.45, 7) is 5.82. The SMILES string of the molecule is CCc1ccc(NC(=O)c2ccc(C)c(NC3=C(Cl)C(=O)N(c4ccc(C)cc4)C3=O)c2)cc1. The van der Waals surface area contributed by atoms with Gasteiger partial charge in [-0.3, -0.25) is 14.4 Å². The fourth-order valence-electron chi connectivity index (χ4n) is 3.60. The minimum atomic E-state index is -0.597. The van der Waals surface area contributed by atoms with Gasteiger partial charge in [0.1, 0.15) is 10.7 Å². The van der Waals surface area contributed by atoms with Gasteiger partial charge in [-0.25, -0.2) is 4.90 Å².